The number of hydrogen-bond donors (Lipinski definition) is 1. The molecule has 102 valence electrons. The van der Waals surface area contributed by atoms with E-state index in [2.05, 4.69) is 4.74 Å². The Balaban J connectivity index is 3.14. The van der Waals surface area contributed by atoms with Gasteiger partial charge in [-0.25, -0.2) is 8.42 Å². The van der Waals surface area contributed by atoms with Crippen molar-refractivity contribution >= 4 is 9.84 Å². The Kier molecular flexibility index (Phi) is 4.23. The third kappa shape index (κ3) is 3.88. The highest BCUT2D eigenvalue weighted by Gasteiger charge is 2.29. The standard InChI is InChI=1S/C10H11F3O4S/c1-18(15,16)9-4-2-3-8(7(9)5-14)17-6-10(11,12)13/h2-4,14H,5-6H2,1H3. The summed E-state index contributed by atoms with van der Waals surface area (Å²) in [4.78, 5) is -0.246. The van der Waals surface area contributed by atoms with Crippen LogP contribution in [0.15, 0.2) is 23.1 Å². The number of benzene rings is 1. The van der Waals surface area contributed by atoms with Gasteiger partial charge in [0.05, 0.1) is 11.5 Å². The average Bonchev–Trinajstić information content (AvgIpc) is 2.23. The minimum Gasteiger partial charge on any atom is -0.484 e. The Morgan fingerprint density at radius 1 is 1.33 bits per heavy atom. The lowest BCUT2D eigenvalue weighted by Crippen LogP contribution is -2.20. The van der Waals surface area contributed by atoms with Crippen LogP contribution in [-0.2, 0) is 16.4 Å². The van der Waals surface area contributed by atoms with Crippen molar-refractivity contribution < 1.29 is 31.4 Å². The van der Waals surface area contributed by atoms with Crippen LogP contribution in [0, 0.1) is 0 Å². The van der Waals surface area contributed by atoms with Crippen molar-refractivity contribution in [2.45, 2.75) is 17.7 Å². The molecular weight excluding hydrogens is 273 g/mol. The molecule has 1 aromatic rings. The SMILES string of the molecule is CS(=O)(=O)c1cccc(OCC(F)(F)F)c1CO. The number of aliphatic hydroxyl groups excluding tert-OH is 1. The number of ether oxygens (including phenoxy) is 1. The van der Waals surface area contributed by atoms with Gasteiger partial charge < -0.3 is 9.84 Å². The van der Waals surface area contributed by atoms with E-state index in [1.54, 1.807) is 0 Å². The molecule has 0 spiro atoms. The minimum atomic E-state index is -4.53. The molecule has 0 aliphatic carbocycles. The van der Waals surface area contributed by atoms with Gasteiger partial charge in [0.2, 0.25) is 0 Å². The Morgan fingerprint density at radius 2 is 1.94 bits per heavy atom. The average molecular weight is 284 g/mol. The number of aliphatic hydroxyl groups is 1. The van der Waals surface area contributed by atoms with Gasteiger partial charge in [-0.2, -0.15) is 13.2 Å². The molecule has 0 atom stereocenters. The summed E-state index contributed by atoms with van der Waals surface area (Å²) in [6.45, 7) is -2.27. The lowest BCUT2D eigenvalue weighted by atomic mass is 10.2. The predicted molar refractivity (Wildman–Crippen MR) is 57.0 cm³/mol. The fraction of sp³-hybridized carbons (Fsp3) is 0.400. The maximum Gasteiger partial charge on any atom is 0.422 e. The van der Waals surface area contributed by atoms with Gasteiger partial charge in [0, 0.05) is 11.8 Å². The maximum atomic E-state index is 12.0. The quantitative estimate of drug-likeness (QED) is 0.910. The Hall–Kier alpha value is -1.28. The van der Waals surface area contributed by atoms with Crippen LogP contribution in [0.4, 0.5) is 13.2 Å². The van der Waals surface area contributed by atoms with E-state index in [0.29, 0.717) is 0 Å². The fourth-order valence-electron chi connectivity index (χ4n) is 1.34. The second-order valence-electron chi connectivity index (χ2n) is 3.57. The first-order chi connectivity index (χ1) is 8.15. The largest absolute Gasteiger partial charge is 0.484 e. The summed E-state index contributed by atoms with van der Waals surface area (Å²) >= 11 is 0. The molecule has 1 N–H and O–H groups in total. The summed E-state index contributed by atoms with van der Waals surface area (Å²) in [5.41, 5.74) is -0.177. The molecule has 0 aromatic heterocycles. The summed E-state index contributed by atoms with van der Waals surface area (Å²) in [6.07, 6.45) is -3.64. The molecule has 0 saturated heterocycles. The van der Waals surface area contributed by atoms with Crippen molar-refractivity contribution in [1.82, 2.24) is 0 Å². The van der Waals surface area contributed by atoms with Gasteiger partial charge >= 0.3 is 6.18 Å². The molecule has 1 aromatic carbocycles. The van der Waals surface area contributed by atoms with Gasteiger partial charge in [0.25, 0.3) is 0 Å². The van der Waals surface area contributed by atoms with Crippen molar-refractivity contribution in [3.63, 3.8) is 0 Å². The number of alkyl halides is 3. The van der Waals surface area contributed by atoms with E-state index < -0.39 is 29.2 Å². The molecule has 0 bridgehead atoms. The summed E-state index contributed by atoms with van der Waals surface area (Å²) in [7, 11) is -3.64. The van der Waals surface area contributed by atoms with Crippen LogP contribution in [0.2, 0.25) is 0 Å². The summed E-state index contributed by atoms with van der Waals surface area (Å²) in [5, 5.41) is 9.07. The topological polar surface area (TPSA) is 63.6 Å². The first-order valence-corrected chi connectivity index (χ1v) is 6.66. The molecule has 0 unspecified atom stereocenters. The van der Waals surface area contributed by atoms with E-state index in [9.17, 15) is 21.6 Å². The zero-order valence-corrected chi connectivity index (χ0v) is 10.2. The van der Waals surface area contributed by atoms with Crippen LogP contribution in [0.25, 0.3) is 0 Å². The molecule has 0 amide bonds. The van der Waals surface area contributed by atoms with E-state index in [1.807, 2.05) is 0 Å². The normalized spacial score (nSPS) is 12.5. The molecule has 0 radical (unpaired) electrons. The van der Waals surface area contributed by atoms with Crippen LogP contribution in [-0.4, -0.2) is 32.6 Å². The first-order valence-electron chi connectivity index (χ1n) is 4.77. The van der Waals surface area contributed by atoms with E-state index in [-0.39, 0.29) is 16.2 Å². The molecule has 0 saturated carbocycles. The summed E-state index contributed by atoms with van der Waals surface area (Å²) < 4.78 is 63.3. The second-order valence-corrected chi connectivity index (χ2v) is 5.55. The highest BCUT2D eigenvalue weighted by atomic mass is 32.2. The van der Waals surface area contributed by atoms with Crippen LogP contribution in [0.1, 0.15) is 5.56 Å². The minimum absolute atomic E-state index is 0.177. The van der Waals surface area contributed by atoms with Gasteiger partial charge in [-0.1, -0.05) is 6.07 Å². The van der Waals surface area contributed by atoms with Crippen molar-refractivity contribution in [2.75, 3.05) is 12.9 Å². The zero-order chi connectivity index (χ0) is 14.0. The second kappa shape index (κ2) is 5.15. The third-order valence-corrected chi connectivity index (χ3v) is 3.22. The molecule has 4 nitrogen and oxygen atoms in total. The molecule has 18 heavy (non-hydrogen) atoms. The Labute approximate surface area is 102 Å². The van der Waals surface area contributed by atoms with Gasteiger partial charge in [0.1, 0.15) is 5.75 Å². The number of rotatable bonds is 4. The van der Waals surface area contributed by atoms with Crippen LogP contribution in [0.3, 0.4) is 0 Å². The van der Waals surface area contributed by atoms with Crippen molar-refractivity contribution in [3.8, 4) is 5.75 Å². The van der Waals surface area contributed by atoms with Gasteiger partial charge in [-0.15, -0.1) is 0 Å². The number of sulfone groups is 1. The van der Waals surface area contributed by atoms with Crippen LogP contribution < -0.4 is 4.74 Å². The Morgan fingerprint density at radius 3 is 2.39 bits per heavy atom. The zero-order valence-electron chi connectivity index (χ0n) is 9.36. The molecule has 0 heterocycles. The predicted octanol–water partition coefficient (Wildman–Crippen LogP) is 1.52. The molecule has 0 fully saturated rings. The number of halogens is 3. The van der Waals surface area contributed by atoms with E-state index in [1.165, 1.54) is 18.2 Å². The lowest BCUT2D eigenvalue weighted by Gasteiger charge is -2.14. The van der Waals surface area contributed by atoms with Crippen molar-refractivity contribution in [2.24, 2.45) is 0 Å². The van der Waals surface area contributed by atoms with Crippen LogP contribution >= 0.6 is 0 Å². The molecule has 1 rings (SSSR count). The van der Waals surface area contributed by atoms with Gasteiger partial charge in [0.15, 0.2) is 16.4 Å². The maximum absolute atomic E-state index is 12.0. The first kappa shape index (κ1) is 14.8. The Bertz CT molecular complexity index is 522. The highest BCUT2D eigenvalue weighted by molar-refractivity contribution is 7.90. The van der Waals surface area contributed by atoms with Gasteiger partial charge in [-0.05, 0) is 12.1 Å². The highest BCUT2D eigenvalue weighted by Crippen LogP contribution is 2.27. The van der Waals surface area contributed by atoms with E-state index >= 15 is 0 Å². The molecular formula is C10H11F3O4S. The van der Waals surface area contributed by atoms with Crippen molar-refractivity contribution in [1.29, 1.82) is 0 Å². The summed E-state index contributed by atoms with van der Waals surface area (Å²) in [6, 6.07) is 3.62. The molecule has 0 aliphatic heterocycles. The third-order valence-electron chi connectivity index (χ3n) is 2.04. The van der Waals surface area contributed by atoms with Gasteiger partial charge in [-0.3, -0.25) is 0 Å². The van der Waals surface area contributed by atoms with E-state index in [4.69, 9.17) is 5.11 Å². The molecule has 0 aliphatic rings. The van der Waals surface area contributed by atoms with Crippen LogP contribution in [0.5, 0.6) is 5.75 Å². The fourth-order valence-corrected chi connectivity index (χ4v) is 2.28. The summed E-state index contributed by atoms with van der Waals surface area (Å²) in [5.74, 6) is -0.294. The smallest absolute Gasteiger partial charge is 0.422 e. The van der Waals surface area contributed by atoms with Crippen molar-refractivity contribution in [3.05, 3.63) is 23.8 Å². The molecule has 8 heteroatoms. The lowest BCUT2D eigenvalue weighted by molar-refractivity contribution is -0.153. The monoisotopic (exact) mass is 284 g/mol. The van der Waals surface area contributed by atoms with E-state index in [0.717, 1.165) is 6.26 Å². The number of hydrogen-bond acceptors (Lipinski definition) is 4.